The predicted molar refractivity (Wildman–Crippen MR) is 65.4 cm³/mol. The van der Waals surface area contributed by atoms with Crippen LogP contribution in [0.2, 0.25) is 0 Å². The molecule has 0 saturated carbocycles. The fourth-order valence-corrected chi connectivity index (χ4v) is 1.51. The number of aryl methyl sites for hydroxylation is 1. The van der Waals surface area contributed by atoms with E-state index in [1.807, 2.05) is 0 Å². The highest BCUT2D eigenvalue weighted by Gasteiger charge is 2.24. The molecule has 1 aromatic carbocycles. The third-order valence-electron chi connectivity index (χ3n) is 2.40. The maximum Gasteiger partial charge on any atom is 0.277 e. The van der Waals surface area contributed by atoms with Gasteiger partial charge in [-0.2, -0.15) is 0 Å². The molecule has 0 fully saturated rings. The molecule has 0 heterocycles. The highest BCUT2D eigenvalue weighted by Crippen LogP contribution is 2.35. The normalized spacial score (nSPS) is 11.7. The smallest absolute Gasteiger partial charge is 0.277 e. The highest BCUT2D eigenvalue weighted by atomic mass is 35.5. The summed E-state index contributed by atoms with van der Waals surface area (Å²) in [5, 5.41) is 29.3. The van der Waals surface area contributed by atoms with Gasteiger partial charge < -0.3 is 15.9 Å². The van der Waals surface area contributed by atoms with Crippen molar-refractivity contribution in [1.29, 1.82) is 0 Å². The molecule has 0 aliphatic rings. The molecule has 0 spiro atoms. The van der Waals surface area contributed by atoms with Gasteiger partial charge in [-0.1, -0.05) is 0 Å². The number of rotatable bonds is 4. The standard InChI is InChI=1S/C10H14N2O4.ClH/c1-6-2-3-8(12(15)16)9(10(6)14)7(11)4-5-13;/h2-3,7,13-14H,4-5,11H2,1H3;1H/t7-;/m0./s1. The van der Waals surface area contributed by atoms with Crippen molar-refractivity contribution in [3.63, 3.8) is 0 Å². The number of benzene rings is 1. The number of nitrogens with zero attached hydrogens (tertiary/aromatic N) is 1. The highest BCUT2D eigenvalue weighted by molar-refractivity contribution is 5.85. The maximum atomic E-state index is 10.8. The number of halogens is 1. The summed E-state index contributed by atoms with van der Waals surface area (Å²) >= 11 is 0. The van der Waals surface area contributed by atoms with Crippen LogP contribution in [0.3, 0.4) is 0 Å². The van der Waals surface area contributed by atoms with Crippen molar-refractivity contribution in [2.75, 3.05) is 6.61 Å². The molecule has 0 aromatic heterocycles. The Morgan fingerprint density at radius 1 is 1.53 bits per heavy atom. The summed E-state index contributed by atoms with van der Waals surface area (Å²) in [6.45, 7) is 1.44. The van der Waals surface area contributed by atoms with Crippen molar-refractivity contribution in [1.82, 2.24) is 0 Å². The number of phenols is 1. The van der Waals surface area contributed by atoms with Gasteiger partial charge in [0.25, 0.3) is 5.69 Å². The van der Waals surface area contributed by atoms with E-state index in [9.17, 15) is 15.2 Å². The van der Waals surface area contributed by atoms with Crippen molar-refractivity contribution in [2.45, 2.75) is 19.4 Å². The van der Waals surface area contributed by atoms with E-state index >= 15 is 0 Å². The first-order chi connectivity index (χ1) is 7.49. The Bertz CT molecular complexity index is 412. The van der Waals surface area contributed by atoms with E-state index in [4.69, 9.17) is 10.8 Å². The van der Waals surface area contributed by atoms with Crippen molar-refractivity contribution in [3.05, 3.63) is 33.4 Å². The summed E-state index contributed by atoms with van der Waals surface area (Å²) in [5.41, 5.74) is 6.08. The van der Waals surface area contributed by atoms with Crippen molar-refractivity contribution >= 4 is 18.1 Å². The molecule has 0 aliphatic carbocycles. The van der Waals surface area contributed by atoms with Gasteiger partial charge in [0, 0.05) is 18.7 Å². The fourth-order valence-electron chi connectivity index (χ4n) is 1.51. The van der Waals surface area contributed by atoms with Crippen molar-refractivity contribution in [2.24, 2.45) is 5.73 Å². The van der Waals surface area contributed by atoms with Crippen LogP contribution in [0.1, 0.15) is 23.6 Å². The summed E-state index contributed by atoms with van der Waals surface area (Å²) in [7, 11) is 0. The second kappa shape index (κ2) is 6.39. The van der Waals surface area contributed by atoms with E-state index in [2.05, 4.69) is 0 Å². The van der Waals surface area contributed by atoms with Crippen LogP contribution in [0.15, 0.2) is 12.1 Å². The molecule has 0 aliphatic heterocycles. The maximum absolute atomic E-state index is 10.8. The number of hydrogen-bond donors (Lipinski definition) is 3. The van der Waals surface area contributed by atoms with Crippen LogP contribution in [0.4, 0.5) is 5.69 Å². The number of aliphatic hydroxyl groups excluding tert-OH is 1. The molecular weight excluding hydrogens is 248 g/mol. The van der Waals surface area contributed by atoms with Gasteiger partial charge in [-0.05, 0) is 25.0 Å². The first kappa shape index (κ1) is 15.6. The molecule has 6 nitrogen and oxygen atoms in total. The lowest BCUT2D eigenvalue weighted by atomic mass is 9.99. The SMILES string of the molecule is Cc1ccc([N+](=O)[O-])c([C@@H](N)CCO)c1O.Cl. The second-order valence-corrected chi connectivity index (χ2v) is 3.54. The van der Waals surface area contributed by atoms with Crippen LogP contribution in [0.5, 0.6) is 5.75 Å². The molecule has 1 rings (SSSR count). The number of phenolic OH excluding ortho intramolecular Hbond substituents is 1. The van der Waals surface area contributed by atoms with Crippen LogP contribution in [0, 0.1) is 17.0 Å². The summed E-state index contributed by atoms with van der Waals surface area (Å²) in [5.74, 6) is -0.171. The zero-order valence-corrected chi connectivity index (χ0v) is 10.1. The molecule has 4 N–H and O–H groups in total. The number of nitro benzene ring substituents is 1. The molecule has 1 atom stereocenters. The Morgan fingerprint density at radius 3 is 2.59 bits per heavy atom. The third kappa shape index (κ3) is 3.29. The van der Waals surface area contributed by atoms with Crippen LogP contribution < -0.4 is 5.73 Å². The second-order valence-electron chi connectivity index (χ2n) is 3.54. The number of hydrogen-bond acceptors (Lipinski definition) is 5. The van der Waals surface area contributed by atoms with E-state index in [1.54, 1.807) is 6.92 Å². The molecular formula is C10H15ClN2O4. The lowest BCUT2D eigenvalue weighted by Crippen LogP contribution is -2.14. The monoisotopic (exact) mass is 262 g/mol. The number of nitro groups is 1. The molecule has 17 heavy (non-hydrogen) atoms. The van der Waals surface area contributed by atoms with Crippen LogP contribution in [-0.4, -0.2) is 21.7 Å². The predicted octanol–water partition coefficient (Wildman–Crippen LogP) is 1.41. The third-order valence-corrected chi connectivity index (χ3v) is 2.40. The van der Waals surface area contributed by atoms with Gasteiger partial charge in [0.05, 0.1) is 10.5 Å². The van der Waals surface area contributed by atoms with Crippen LogP contribution >= 0.6 is 12.4 Å². The molecule has 0 radical (unpaired) electrons. The molecule has 0 bridgehead atoms. The van der Waals surface area contributed by atoms with Crippen molar-refractivity contribution < 1.29 is 15.1 Å². The average molecular weight is 263 g/mol. The van der Waals surface area contributed by atoms with Gasteiger partial charge in [0.1, 0.15) is 5.75 Å². The van der Waals surface area contributed by atoms with E-state index in [1.165, 1.54) is 12.1 Å². The Labute approximate surface area is 105 Å². The first-order valence-corrected chi connectivity index (χ1v) is 4.82. The molecule has 0 unspecified atom stereocenters. The average Bonchev–Trinajstić information content (AvgIpc) is 2.21. The van der Waals surface area contributed by atoms with Gasteiger partial charge in [-0.3, -0.25) is 10.1 Å². The Balaban J connectivity index is 0.00000256. The van der Waals surface area contributed by atoms with Gasteiger partial charge in [-0.25, -0.2) is 0 Å². The largest absolute Gasteiger partial charge is 0.507 e. The molecule has 7 heteroatoms. The van der Waals surface area contributed by atoms with Crippen molar-refractivity contribution in [3.8, 4) is 5.75 Å². The van der Waals surface area contributed by atoms with Crippen LogP contribution in [-0.2, 0) is 0 Å². The lowest BCUT2D eigenvalue weighted by molar-refractivity contribution is -0.385. The topological polar surface area (TPSA) is 110 Å². The molecule has 96 valence electrons. The Hall–Kier alpha value is -1.37. The summed E-state index contributed by atoms with van der Waals surface area (Å²) in [6, 6.07) is 2.02. The van der Waals surface area contributed by atoms with Gasteiger partial charge in [0.15, 0.2) is 0 Å². The molecule has 0 amide bonds. The molecule has 0 saturated heterocycles. The number of nitrogens with two attached hydrogens (primary N) is 1. The number of aromatic hydroxyl groups is 1. The van der Waals surface area contributed by atoms with Gasteiger partial charge in [0.2, 0.25) is 0 Å². The minimum Gasteiger partial charge on any atom is -0.507 e. The van der Waals surface area contributed by atoms with Gasteiger partial charge >= 0.3 is 0 Å². The minimum absolute atomic E-state index is 0. The summed E-state index contributed by atoms with van der Waals surface area (Å²) in [4.78, 5) is 10.2. The van der Waals surface area contributed by atoms with Gasteiger partial charge in [-0.15, -0.1) is 12.4 Å². The lowest BCUT2D eigenvalue weighted by Gasteiger charge is -2.13. The molecule has 1 aromatic rings. The zero-order valence-electron chi connectivity index (χ0n) is 9.29. The first-order valence-electron chi connectivity index (χ1n) is 4.82. The Morgan fingerprint density at radius 2 is 2.12 bits per heavy atom. The fraction of sp³-hybridized carbons (Fsp3) is 0.400. The van der Waals surface area contributed by atoms with Crippen LogP contribution in [0.25, 0.3) is 0 Å². The zero-order chi connectivity index (χ0) is 12.3. The Kier molecular flexibility index (Phi) is 5.87. The minimum atomic E-state index is -0.745. The summed E-state index contributed by atoms with van der Waals surface area (Å²) in [6.07, 6.45) is 0.165. The quantitative estimate of drug-likeness (QED) is 0.561. The number of aliphatic hydroxyl groups is 1. The van der Waals surface area contributed by atoms with E-state index in [0.29, 0.717) is 5.56 Å². The van der Waals surface area contributed by atoms with E-state index in [-0.39, 0.29) is 42.4 Å². The summed E-state index contributed by atoms with van der Waals surface area (Å²) < 4.78 is 0. The van der Waals surface area contributed by atoms with E-state index in [0.717, 1.165) is 0 Å². The van der Waals surface area contributed by atoms with E-state index < -0.39 is 11.0 Å².